The van der Waals surface area contributed by atoms with Crippen LogP contribution in [-0.2, 0) is 11.8 Å². The Morgan fingerprint density at radius 3 is 2.92 bits per heavy atom. The first kappa shape index (κ1) is 16.4. The fourth-order valence-corrected chi connectivity index (χ4v) is 4.32. The molecule has 4 rings (SSSR count). The van der Waals surface area contributed by atoms with E-state index in [0.29, 0.717) is 0 Å². The molecular formula is C21H24FN3. The number of rotatable bonds is 3. The van der Waals surface area contributed by atoms with Gasteiger partial charge in [0.25, 0.3) is 0 Å². The van der Waals surface area contributed by atoms with Crippen molar-refractivity contribution in [2.75, 3.05) is 19.6 Å². The van der Waals surface area contributed by atoms with Gasteiger partial charge in [0.2, 0.25) is 0 Å². The first-order chi connectivity index (χ1) is 12.1. The van der Waals surface area contributed by atoms with Crippen molar-refractivity contribution in [3.63, 3.8) is 0 Å². The first-order valence-electron chi connectivity index (χ1n) is 9.12. The number of fused-ring (bicyclic) bond motifs is 2. The van der Waals surface area contributed by atoms with E-state index in [1.54, 1.807) is 0 Å². The molecule has 1 unspecified atom stereocenters. The third-order valence-corrected chi connectivity index (χ3v) is 5.56. The van der Waals surface area contributed by atoms with E-state index in [-0.39, 0.29) is 11.2 Å². The monoisotopic (exact) mass is 337 g/mol. The minimum atomic E-state index is -0.188. The third kappa shape index (κ3) is 3.36. The average molecular weight is 337 g/mol. The third-order valence-electron chi connectivity index (χ3n) is 5.56. The smallest absolute Gasteiger partial charge is 0.125 e. The molecular weight excluding hydrogens is 313 g/mol. The zero-order valence-corrected chi connectivity index (χ0v) is 14.7. The predicted octanol–water partition coefficient (Wildman–Crippen LogP) is 3.92. The SMILES string of the molecule is Cc1ncc2c(n1)C1(CCCN(C/C=C/c3ccc(F)cc3)C1)CC2. The van der Waals surface area contributed by atoms with Crippen LogP contribution in [0.15, 0.2) is 36.5 Å². The van der Waals surface area contributed by atoms with E-state index in [4.69, 9.17) is 4.98 Å². The van der Waals surface area contributed by atoms with Crippen molar-refractivity contribution in [3.05, 3.63) is 65.0 Å². The quantitative estimate of drug-likeness (QED) is 0.850. The van der Waals surface area contributed by atoms with E-state index in [1.807, 2.05) is 25.3 Å². The van der Waals surface area contributed by atoms with Gasteiger partial charge in [-0.1, -0.05) is 24.3 Å². The highest BCUT2D eigenvalue weighted by molar-refractivity contribution is 5.49. The van der Waals surface area contributed by atoms with Crippen LogP contribution in [0.1, 0.15) is 41.9 Å². The Morgan fingerprint density at radius 1 is 1.24 bits per heavy atom. The van der Waals surface area contributed by atoms with Crippen LogP contribution in [0.3, 0.4) is 0 Å². The molecule has 0 radical (unpaired) electrons. The molecule has 0 N–H and O–H groups in total. The molecule has 1 aliphatic carbocycles. The molecule has 2 aliphatic rings. The van der Waals surface area contributed by atoms with Gasteiger partial charge in [-0.2, -0.15) is 0 Å². The molecule has 1 saturated heterocycles. The van der Waals surface area contributed by atoms with Gasteiger partial charge in [-0.3, -0.25) is 4.90 Å². The highest BCUT2D eigenvalue weighted by atomic mass is 19.1. The molecule has 130 valence electrons. The summed E-state index contributed by atoms with van der Waals surface area (Å²) in [4.78, 5) is 11.7. The second kappa shape index (κ2) is 6.68. The summed E-state index contributed by atoms with van der Waals surface area (Å²) in [5, 5.41) is 0. The standard InChI is InChI=1S/C21H24FN3/c1-16-23-14-18-9-11-21(20(18)24-16)10-3-13-25(15-21)12-2-4-17-5-7-19(22)8-6-17/h2,4-8,14H,3,9-13,15H2,1H3/b4-2+. The van der Waals surface area contributed by atoms with E-state index in [0.717, 1.165) is 37.4 Å². The second-order valence-corrected chi connectivity index (χ2v) is 7.36. The second-order valence-electron chi connectivity index (χ2n) is 7.36. The summed E-state index contributed by atoms with van der Waals surface area (Å²) >= 11 is 0. The van der Waals surface area contributed by atoms with Gasteiger partial charge in [-0.15, -0.1) is 0 Å². The van der Waals surface area contributed by atoms with Crippen molar-refractivity contribution in [3.8, 4) is 0 Å². The number of aryl methyl sites for hydroxylation is 2. The van der Waals surface area contributed by atoms with Gasteiger partial charge in [-0.25, -0.2) is 14.4 Å². The van der Waals surface area contributed by atoms with Crippen molar-refractivity contribution in [2.24, 2.45) is 0 Å². The number of hydrogen-bond donors (Lipinski definition) is 0. The number of aromatic nitrogens is 2. The Labute approximate surface area is 148 Å². The maximum Gasteiger partial charge on any atom is 0.125 e. The molecule has 0 bridgehead atoms. The summed E-state index contributed by atoms with van der Waals surface area (Å²) in [5.74, 6) is 0.695. The predicted molar refractivity (Wildman–Crippen MR) is 97.9 cm³/mol. The first-order valence-corrected chi connectivity index (χ1v) is 9.12. The lowest BCUT2D eigenvalue weighted by atomic mass is 9.77. The van der Waals surface area contributed by atoms with Gasteiger partial charge in [-0.05, 0) is 62.4 Å². The lowest BCUT2D eigenvalue weighted by Crippen LogP contribution is -2.45. The Kier molecular flexibility index (Phi) is 4.38. The van der Waals surface area contributed by atoms with Crippen LogP contribution in [0.2, 0.25) is 0 Å². The van der Waals surface area contributed by atoms with Crippen LogP contribution >= 0.6 is 0 Å². The molecule has 25 heavy (non-hydrogen) atoms. The number of halogens is 1. The molecule has 1 fully saturated rings. The van der Waals surface area contributed by atoms with Crippen LogP contribution < -0.4 is 0 Å². The Bertz CT molecular complexity index is 780. The van der Waals surface area contributed by atoms with Crippen LogP contribution in [0.5, 0.6) is 0 Å². The van der Waals surface area contributed by atoms with Gasteiger partial charge >= 0.3 is 0 Å². The zero-order valence-electron chi connectivity index (χ0n) is 14.7. The number of benzene rings is 1. The van der Waals surface area contributed by atoms with Crippen molar-refractivity contribution >= 4 is 6.08 Å². The van der Waals surface area contributed by atoms with E-state index >= 15 is 0 Å². The molecule has 2 heterocycles. The topological polar surface area (TPSA) is 29.0 Å². The number of piperidine rings is 1. The van der Waals surface area contributed by atoms with Crippen molar-refractivity contribution in [1.29, 1.82) is 0 Å². The minimum absolute atomic E-state index is 0.188. The fraction of sp³-hybridized carbons (Fsp3) is 0.429. The van der Waals surface area contributed by atoms with Crippen LogP contribution in [0.25, 0.3) is 6.08 Å². The minimum Gasteiger partial charge on any atom is -0.299 e. The zero-order chi connectivity index (χ0) is 17.3. The molecule has 1 spiro atoms. The molecule has 4 heteroatoms. The van der Waals surface area contributed by atoms with Gasteiger partial charge in [0.05, 0.1) is 5.69 Å². The largest absolute Gasteiger partial charge is 0.299 e. The Hall–Kier alpha value is -2.07. The highest BCUT2D eigenvalue weighted by Gasteiger charge is 2.43. The summed E-state index contributed by atoms with van der Waals surface area (Å²) in [5.41, 5.74) is 3.90. The number of likely N-dealkylation sites (tertiary alicyclic amines) is 1. The van der Waals surface area contributed by atoms with E-state index < -0.39 is 0 Å². The summed E-state index contributed by atoms with van der Waals surface area (Å²) < 4.78 is 13.0. The molecule has 1 aromatic heterocycles. The van der Waals surface area contributed by atoms with Gasteiger partial charge < -0.3 is 0 Å². The normalized spacial score (nSPS) is 23.4. The molecule has 3 nitrogen and oxygen atoms in total. The van der Waals surface area contributed by atoms with Gasteiger partial charge in [0, 0.05) is 24.7 Å². The van der Waals surface area contributed by atoms with E-state index in [1.165, 1.54) is 42.7 Å². The van der Waals surface area contributed by atoms with Crippen molar-refractivity contribution in [1.82, 2.24) is 14.9 Å². The van der Waals surface area contributed by atoms with Crippen molar-refractivity contribution in [2.45, 2.75) is 38.0 Å². The van der Waals surface area contributed by atoms with E-state index in [9.17, 15) is 4.39 Å². The van der Waals surface area contributed by atoms with Gasteiger partial charge in [0.15, 0.2) is 0 Å². The highest BCUT2D eigenvalue weighted by Crippen LogP contribution is 2.43. The molecule has 1 atom stereocenters. The summed E-state index contributed by atoms with van der Waals surface area (Å²) in [6, 6.07) is 6.65. The molecule has 0 amide bonds. The number of nitrogens with zero attached hydrogens (tertiary/aromatic N) is 3. The van der Waals surface area contributed by atoms with Crippen LogP contribution in [0.4, 0.5) is 4.39 Å². The van der Waals surface area contributed by atoms with E-state index in [2.05, 4.69) is 22.0 Å². The maximum atomic E-state index is 13.0. The van der Waals surface area contributed by atoms with Gasteiger partial charge in [0.1, 0.15) is 11.6 Å². The Morgan fingerprint density at radius 2 is 2.08 bits per heavy atom. The van der Waals surface area contributed by atoms with Crippen molar-refractivity contribution < 1.29 is 4.39 Å². The fourth-order valence-electron chi connectivity index (χ4n) is 4.32. The molecule has 0 saturated carbocycles. The summed E-state index contributed by atoms with van der Waals surface area (Å²) in [6.45, 7) is 5.12. The molecule has 1 aliphatic heterocycles. The number of hydrogen-bond acceptors (Lipinski definition) is 3. The lowest BCUT2D eigenvalue weighted by molar-refractivity contribution is 0.156. The summed E-state index contributed by atoms with van der Waals surface area (Å²) in [6.07, 6.45) is 11.0. The van der Waals surface area contributed by atoms with Crippen LogP contribution in [-0.4, -0.2) is 34.5 Å². The molecule has 1 aromatic carbocycles. The Balaban J connectivity index is 1.45. The molecule has 2 aromatic rings. The lowest BCUT2D eigenvalue weighted by Gasteiger charge is -2.40. The summed E-state index contributed by atoms with van der Waals surface area (Å²) in [7, 11) is 0. The van der Waals surface area contributed by atoms with Crippen LogP contribution in [0, 0.1) is 12.7 Å². The maximum absolute atomic E-state index is 13.0. The average Bonchev–Trinajstić information content (AvgIpc) is 2.94.